The van der Waals surface area contributed by atoms with Gasteiger partial charge in [-0.1, -0.05) is 30.4 Å². The molecule has 0 bridgehead atoms. The minimum absolute atomic E-state index is 0.0239. The van der Waals surface area contributed by atoms with Crippen molar-refractivity contribution in [1.82, 2.24) is 9.80 Å². The van der Waals surface area contributed by atoms with E-state index in [0.29, 0.717) is 5.76 Å². The molecule has 126 valence electrons. The fourth-order valence-electron chi connectivity index (χ4n) is 2.82. The number of ether oxygens (including phenoxy) is 1. The number of piperazine rings is 1. The number of nitrogens with zero attached hydrogens (tertiary/aromatic N) is 2. The average Bonchev–Trinajstić information content (AvgIpc) is 3.17. The van der Waals surface area contributed by atoms with E-state index in [1.807, 2.05) is 29.2 Å². The second-order valence-corrected chi connectivity index (χ2v) is 5.71. The van der Waals surface area contributed by atoms with Crippen LogP contribution in [0, 0.1) is 0 Å². The van der Waals surface area contributed by atoms with Crippen molar-refractivity contribution >= 4 is 12.0 Å². The molecule has 3 rings (SSSR count). The van der Waals surface area contributed by atoms with E-state index in [2.05, 4.69) is 17.1 Å². The molecule has 0 unspecified atom stereocenters. The van der Waals surface area contributed by atoms with Gasteiger partial charge in [0, 0.05) is 38.3 Å². The summed E-state index contributed by atoms with van der Waals surface area (Å²) in [5.74, 6) is 1.27. The van der Waals surface area contributed by atoms with Gasteiger partial charge in [0.25, 0.3) is 5.91 Å². The Labute approximate surface area is 142 Å². The van der Waals surface area contributed by atoms with Gasteiger partial charge < -0.3 is 14.1 Å². The zero-order valence-corrected chi connectivity index (χ0v) is 13.9. The zero-order chi connectivity index (χ0) is 16.8. The Morgan fingerprint density at radius 1 is 1.17 bits per heavy atom. The molecule has 1 aliphatic heterocycles. The normalized spacial score (nSPS) is 15.8. The molecule has 1 aromatic heterocycles. The molecule has 24 heavy (non-hydrogen) atoms. The van der Waals surface area contributed by atoms with Crippen LogP contribution in [0.4, 0.5) is 0 Å². The van der Waals surface area contributed by atoms with Gasteiger partial charge in [-0.2, -0.15) is 0 Å². The Bertz CT molecular complexity index is 686. The standard InChI is InChI=1S/C19H22N2O3/c1-23-17-8-3-2-6-16(17)7-4-10-20-11-13-21(14-12-20)19(22)18-9-5-15-24-18/h2-9,15H,10-14H2,1H3/b7-4-. The van der Waals surface area contributed by atoms with Crippen molar-refractivity contribution in [2.24, 2.45) is 0 Å². The number of furan rings is 1. The highest BCUT2D eigenvalue weighted by Gasteiger charge is 2.22. The van der Waals surface area contributed by atoms with E-state index < -0.39 is 0 Å². The third-order valence-electron chi connectivity index (χ3n) is 4.19. The smallest absolute Gasteiger partial charge is 0.289 e. The number of benzene rings is 1. The lowest BCUT2D eigenvalue weighted by atomic mass is 10.2. The number of carbonyl (C=O) groups excluding carboxylic acids is 1. The Hall–Kier alpha value is -2.53. The van der Waals surface area contributed by atoms with Crippen LogP contribution in [0.1, 0.15) is 16.1 Å². The molecule has 1 fully saturated rings. The van der Waals surface area contributed by atoms with E-state index in [1.165, 1.54) is 6.26 Å². The molecule has 0 spiro atoms. The Morgan fingerprint density at radius 3 is 2.67 bits per heavy atom. The van der Waals surface area contributed by atoms with Gasteiger partial charge in [0.2, 0.25) is 0 Å². The lowest BCUT2D eigenvalue weighted by Crippen LogP contribution is -2.48. The van der Waals surface area contributed by atoms with Gasteiger partial charge in [-0.15, -0.1) is 0 Å². The molecule has 5 heteroatoms. The van der Waals surface area contributed by atoms with E-state index in [-0.39, 0.29) is 5.91 Å². The number of rotatable bonds is 5. The largest absolute Gasteiger partial charge is 0.496 e. The van der Waals surface area contributed by atoms with Crippen LogP contribution >= 0.6 is 0 Å². The molecule has 0 radical (unpaired) electrons. The van der Waals surface area contributed by atoms with E-state index >= 15 is 0 Å². The predicted octanol–water partition coefficient (Wildman–Crippen LogP) is 2.76. The highest BCUT2D eigenvalue weighted by molar-refractivity contribution is 5.91. The average molecular weight is 326 g/mol. The SMILES string of the molecule is COc1ccccc1/C=C\CN1CCN(C(=O)c2ccco2)CC1. The van der Waals surface area contributed by atoms with E-state index in [0.717, 1.165) is 44.0 Å². The van der Waals surface area contributed by atoms with E-state index in [1.54, 1.807) is 19.2 Å². The van der Waals surface area contributed by atoms with Gasteiger partial charge in [0.15, 0.2) is 5.76 Å². The van der Waals surface area contributed by atoms with Gasteiger partial charge >= 0.3 is 0 Å². The summed E-state index contributed by atoms with van der Waals surface area (Å²) in [5.41, 5.74) is 1.08. The van der Waals surface area contributed by atoms with Crippen molar-refractivity contribution in [3.8, 4) is 5.75 Å². The van der Waals surface area contributed by atoms with Gasteiger partial charge in [0.1, 0.15) is 5.75 Å². The third kappa shape index (κ3) is 3.86. The molecular formula is C19H22N2O3. The van der Waals surface area contributed by atoms with Crippen molar-refractivity contribution in [1.29, 1.82) is 0 Å². The van der Waals surface area contributed by atoms with Crippen LogP contribution in [0.5, 0.6) is 5.75 Å². The maximum atomic E-state index is 12.2. The summed E-state index contributed by atoms with van der Waals surface area (Å²) in [4.78, 5) is 16.4. The van der Waals surface area contributed by atoms with Crippen LogP contribution in [-0.4, -0.2) is 55.5 Å². The quantitative estimate of drug-likeness (QED) is 0.847. The van der Waals surface area contributed by atoms with Gasteiger partial charge in [-0.3, -0.25) is 9.69 Å². The fraction of sp³-hybridized carbons (Fsp3) is 0.316. The number of para-hydroxylation sites is 1. The first-order valence-electron chi connectivity index (χ1n) is 8.12. The minimum atomic E-state index is -0.0239. The lowest BCUT2D eigenvalue weighted by molar-refractivity contribution is 0.0619. The Morgan fingerprint density at radius 2 is 1.96 bits per heavy atom. The van der Waals surface area contributed by atoms with Crippen molar-refractivity contribution in [2.75, 3.05) is 39.8 Å². The topological polar surface area (TPSA) is 45.9 Å². The number of methoxy groups -OCH3 is 1. The van der Waals surface area contributed by atoms with Crippen LogP contribution in [-0.2, 0) is 0 Å². The summed E-state index contributed by atoms with van der Waals surface area (Å²) >= 11 is 0. The summed E-state index contributed by atoms with van der Waals surface area (Å²) in [5, 5.41) is 0. The van der Waals surface area contributed by atoms with Crippen molar-refractivity contribution in [3.05, 3.63) is 60.1 Å². The second-order valence-electron chi connectivity index (χ2n) is 5.71. The summed E-state index contributed by atoms with van der Waals surface area (Å²) in [6.45, 7) is 4.04. The van der Waals surface area contributed by atoms with Crippen LogP contribution in [0.15, 0.2) is 53.2 Å². The molecule has 2 heterocycles. The highest BCUT2D eigenvalue weighted by Crippen LogP contribution is 2.18. The number of amides is 1. The predicted molar refractivity (Wildman–Crippen MR) is 93.1 cm³/mol. The van der Waals surface area contributed by atoms with Crippen LogP contribution in [0.2, 0.25) is 0 Å². The first-order chi connectivity index (χ1) is 11.8. The Balaban J connectivity index is 1.49. The molecule has 0 N–H and O–H groups in total. The molecule has 5 nitrogen and oxygen atoms in total. The maximum Gasteiger partial charge on any atom is 0.289 e. The van der Waals surface area contributed by atoms with E-state index in [4.69, 9.17) is 9.15 Å². The number of hydrogen-bond donors (Lipinski definition) is 0. The van der Waals surface area contributed by atoms with Gasteiger partial charge in [0.05, 0.1) is 13.4 Å². The highest BCUT2D eigenvalue weighted by atomic mass is 16.5. The van der Waals surface area contributed by atoms with Crippen LogP contribution in [0.25, 0.3) is 6.08 Å². The number of carbonyl (C=O) groups is 1. The second kappa shape index (κ2) is 7.84. The summed E-state index contributed by atoms with van der Waals surface area (Å²) in [7, 11) is 1.68. The fourth-order valence-corrected chi connectivity index (χ4v) is 2.82. The molecule has 2 aromatic rings. The molecule has 1 aromatic carbocycles. The summed E-state index contributed by atoms with van der Waals surface area (Å²) in [6, 6.07) is 11.4. The van der Waals surface area contributed by atoms with Crippen LogP contribution in [0.3, 0.4) is 0 Å². The molecule has 0 aliphatic carbocycles. The van der Waals surface area contributed by atoms with Crippen LogP contribution < -0.4 is 4.74 Å². The maximum absolute atomic E-state index is 12.2. The zero-order valence-electron chi connectivity index (χ0n) is 13.9. The van der Waals surface area contributed by atoms with E-state index in [9.17, 15) is 4.79 Å². The molecule has 0 saturated carbocycles. The third-order valence-corrected chi connectivity index (χ3v) is 4.19. The molecule has 1 saturated heterocycles. The van der Waals surface area contributed by atoms with Gasteiger partial charge in [-0.25, -0.2) is 0 Å². The summed E-state index contributed by atoms with van der Waals surface area (Å²) in [6.07, 6.45) is 5.76. The molecular weight excluding hydrogens is 304 g/mol. The first-order valence-corrected chi connectivity index (χ1v) is 8.12. The van der Waals surface area contributed by atoms with Crippen molar-refractivity contribution in [2.45, 2.75) is 0 Å². The Kier molecular flexibility index (Phi) is 5.33. The molecule has 1 aliphatic rings. The monoisotopic (exact) mass is 326 g/mol. The lowest BCUT2D eigenvalue weighted by Gasteiger charge is -2.33. The first kappa shape index (κ1) is 16.3. The minimum Gasteiger partial charge on any atom is -0.496 e. The summed E-state index contributed by atoms with van der Waals surface area (Å²) < 4.78 is 10.5. The van der Waals surface area contributed by atoms with Crippen molar-refractivity contribution < 1.29 is 13.9 Å². The molecule has 0 atom stereocenters. The number of hydrogen-bond acceptors (Lipinski definition) is 4. The molecule has 1 amide bonds. The van der Waals surface area contributed by atoms with Gasteiger partial charge in [-0.05, 0) is 18.2 Å². The van der Waals surface area contributed by atoms with Crippen molar-refractivity contribution in [3.63, 3.8) is 0 Å².